The highest BCUT2D eigenvalue weighted by atomic mass is 16.4. The molecule has 0 saturated heterocycles. The Morgan fingerprint density at radius 1 is 0.168 bits per heavy atom. The summed E-state index contributed by atoms with van der Waals surface area (Å²) in [6.07, 6.45) is 7.06. The molecular weight excluding hydrogens is 1760 g/mol. The first-order valence-corrected chi connectivity index (χ1v) is 50.8. The van der Waals surface area contributed by atoms with Gasteiger partial charge in [-0.15, -0.1) is 0 Å². The predicted molar refractivity (Wildman–Crippen MR) is 533 cm³/mol. The molecule has 16 atom stereocenters. The lowest BCUT2D eigenvalue weighted by Crippen LogP contribution is -2.61. The van der Waals surface area contributed by atoms with Crippen molar-refractivity contribution < 1.29 is 81.8 Å². The van der Waals surface area contributed by atoms with Crippen LogP contribution in [-0.2, 0) is 76.7 Å². The van der Waals surface area contributed by atoms with Crippen molar-refractivity contribution in [3.05, 3.63) is 0 Å². The number of aliphatic carboxylic acids is 1. The van der Waals surface area contributed by atoms with E-state index in [4.69, 9.17) is 51.6 Å². The van der Waals surface area contributed by atoms with Gasteiger partial charge in [0, 0.05) is 0 Å². The lowest BCUT2D eigenvalue weighted by molar-refractivity contribution is -0.143. The molecule has 34 N–H and O–H groups in total. The van der Waals surface area contributed by atoms with Gasteiger partial charge in [0.25, 0.3) is 0 Å². The van der Waals surface area contributed by atoms with E-state index in [-0.39, 0.29) is 196 Å². The van der Waals surface area contributed by atoms with E-state index in [1.807, 2.05) is 111 Å². The smallest absolute Gasteiger partial charge is 0.326 e. The lowest BCUT2D eigenvalue weighted by atomic mass is 9.98. The first-order chi connectivity index (χ1) is 64.7. The highest BCUT2D eigenvalue weighted by Crippen LogP contribution is 2.20. The highest BCUT2D eigenvalue weighted by Gasteiger charge is 2.40. The molecule has 41 heteroatoms. The summed E-state index contributed by atoms with van der Waals surface area (Å²) in [5, 5.41) is 51.9. The van der Waals surface area contributed by atoms with Crippen LogP contribution >= 0.6 is 0 Å². The molecule has 0 saturated carbocycles. The summed E-state index contributed by atoms with van der Waals surface area (Å²) < 4.78 is 0. The van der Waals surface area contributed by atoms with Crippen LogP contribution in [0.15, 0.2) is 0 Å². The number of carbonyl (C=O) groups is 16. The van der Waals surface area contributed by atoms with E-state index < -0.39 is 191 Å². The van der Waals surface area contributed by atoms with Gasteiger partial charge in [-0.2, -0.15) is 0 Å². The summed E-state index contributed by atoms with van der Waals surface area (Å²) in [5.74, 6) is -13.2. The van der Waals surface area contributed by atoms with E-state index in [0.717, 1.165) is 0 Å². The Balaban J connectivity index is 7.69. The molecule has 0 rings (SSSR count). The second-order valence-corrected chi connectivity index (χ2v) is 40.2. The van der Waals surface area contributed by atoms with Crippen molar-refractivity contribution in [2.45, 2.75) is 413 Å². The summed E-state index contributed by atoms with van der Waals surface area (Å²) in [6, 6.07) is -20.0. The maximum atomic E-state index is 15.0. The van der Waals surface area contributed by atoms with Gasteiger partial charge in [-0.05, 0) is 305 Å². The Bertz CT molecular complexity index is 3540. The molecule has 137 heavy (non-hydrogen) atoms. The third-order valence-electron chi connectivity index (χ3n) is 23.1. The Kier molecular flexibility index (Phi) is 68.6. The largest absolute Gasteiger partial charge is 0.480 e. The Morgan fingerprint density at radius 3 is 0.401 bits per heavy atom. The third kappa shape index (κ3) is 56.9. The van der Waals surface area contributed by atoms with E-state index >= 15 is 14.4 Å². The van der Waals surface area contributed by atoms with Gasteiger partial charge in [0.1, 0.15) is 90.6 Å². The van der Waals surface area contributed by atoms with Crippen LogP contribution in [0.1, 0.15) is 316 Å². The number of carbonyl (C=O) groups excluding carboxylic acids is 15. The minimum Gasteiger partial charge on any atom is -0.480 e. The van der Waals surface area contributed by atoms with E-state index in [2.05, 4.69) is 79.8 Å². The molecule has 15 amide bonds. The predicted octanol–water partition coefficient (Wildman–Crippen LogP) is 1.07. The van der Waals surface area contributed by atoms with Crippen molar-refractivity contribution in [3.8, 4) is 0 Å². The van der Waals surface area contributed by atoms with Gasteiger partial charge < -0.3 is 136 Å². The minimum absolute atomic E-state index is 0.00154. The van der Waals surface area contributed by atoms with Crippen molar-refractivity contribution in [1.29, 1.82) is 0 Å². The molecule has 0 fully saturated rings. The van der Waals surface area contributed by atoms with Crippen molar-refractivity contribution in [3.63, 3.8) is 0 Å². The van der Waals surface area contributed by atoms with Crippen LogP contribution in [-0.4, -0.2) is 249 Å². The zero-order valence-electron chi connectivity index (χ0n) is 85.8. The quantitative estimate of drug-likeness (QED) is 0.0379. The zero-order valence-corrected chi connectivity index (χ0v) is 85.8. The molecule has 0 aliphatic carbocycles. The number of carboxylic acids is 1. The number of amides is 15. The van der Waals surface area contributed by atoms with Gasteiger partial charge in [-0.1, -0.05) is 111 Å². The molecule has 41 nitrogen and oxygen atoms in total. The molecule has 0 unspecified atom stereocenters. The molecule has 792 valence electrons. The first kappa shape index (κ1) is 128. The fraction of sp³-hybridized carbons (Fsp3) is 0.833. The molecule has 0 aromatic heterocycles. The van der Waals surface area contributed by atoms with Crippen molar-refractivity contribution >= 4 is 94.6 Å². The number of carboxylic acid groups (broad SMARTS) is 1. The molecule has 0 radical (unpaired) electrons. The highest BCUT2D eigenvalue weighted by molar-refractivity contribution is 6.01. The number of nitrogens with one attached hydrogen (secondary N) is 15. The second kappa shape index (κ2) is 73.3. The van der Waals surface area contributed by atoms with Gasteiger partial charge in [0.05, 0.1) is 6.04 Å². The maximum Gasteiger partial charge on any atom is 0.326 e. The van der Waals surface area contributed by atoms with Crippen LogP contribution in [0.4, 0.5) is 0 Å². The molecule has 0 heterocycles. The number of hydrogen-bond acceptors (Lipinski definition) is 25. The normalized spacial score (nSPS) is 15.2. The van der Waals surface area contributed by atoms with Gasteiger partial charge in [-0.3, -0.25) is 71.9 Å². The minimum atomic E-state index is -1.38. The van der Waals surface area contributed by atoms with E-state index in [9.17, 15) is 67.4 Å². The van der Waals surface area contributed by atoms with Crippen LogP contribution in [0.2, 0.25) is 0 Å². The standard InChI is InChI=1S/C96H186N24O17/c1-57(2)49-65(105)81(121)114-74(50-58(3)4)91(131)117-77(53-61(9)10)93(133)116-75(51-59(5)6)90(130)113-72(39-23-31-47-103)88(128)111-70(37-21-29-45-101)86(126)109-68(35-19-27-43-99)84(124)107-66(33-17-25-41-97)82(122)106-67(34-18-26-42-98)83(123)108-69(36-20-28-44-100)85(125)110-71(38-22-30-46-102)87(127)112-73(40-24-32-48-104)89(129)115-76(52-60(7)8)92(132)118-78(54-62(11)12)94(134)119-79(55-63(13)14)95(135)120-80(96(136)137)56-64(15)16/h57-80H,17-56,97-105H2,1-16H3,(H,106,122)(H,107,124)(H,108,123)(H,109,126)(H,110,125)(H,111,128)(H,112,127)(H,113,130)(H,114,121)(H,115,129)(H,116,133)(H,117,131)(H,118,132)(H,119,134)(H,120,135)(H,136,137)/t65-,66-,67-,68-,69-,70-,71-,72-,73-,74-,75-,76-,77-,78-,79-,80-/m0/s1. The van der Waals surface area contributed by atoms with Crippen LogP contribution in [0, 0.1) is 47.3 Å². The van der Waals surface area contributed by atoms with Gasteiger partial charge in [0.2, 0.25) is 88.6 Å². The zero-order chi connectivity index (χ0) is 104. The Labute approximate surface area is 816 Å². The molecular formula is C96H186N24O17. The topological polar surface area (TPSA) is 708 Å². The number of hydrogen-bond donors (Lipinski definition) is 25. The molecule has 0 aromatic carbocycles. The summed E-state index contributed by atoms with van der Waals surface area (Å²) in [6.45, 7) is 31.4. The fourth-order valence-electron chi connectivity index (χ4n) is 15.7. The molecule has 0 aliphatic rings. The number of rotatable bonds is 79. The van der Waals surface area contributed by atoms with Gasteiger partial charge >= 0.3 is 5.97 Å². The van der Waals surface area contributed by atoms with Crippen molar-refractivity contribution in [1.82, 2.24) is 79.8 Å². The Morgan fingerprint density at radius 2 is 0.277 bits per heavy atom. The fourth-order valence-corrected chi connectivity index (χ4v) is 15.7. The average molecular weight is 1950 g/mol. The average Bonchev–Trinajstić information content (AvgIpc) is 0.853. The molecule has 0 bridgehead atoms. The van der Waals surface area contributed by atoms with Gasteiger partial charge in [0.15, 0.2) is 0 Å². The Hall–Kier alpha value is -8.84. The lowest BCUT2D eigenvalue weighted by Gasteiger charge is -2.29. The van der Waals surface area contributed by atoms with Crippen molar-refractivity contribution in [2.75, 3.05) is 52.4 Å². The summed E-state index contributed by atoms with van der Waals surface area (Å²) in [5.41, 5.74) is 53.9. The van der Waals surface area contributed by atoms with Crippen LogP contribution in [0.5, 0.6) is 0 Å². The summed E-state index contributed by atoms with van der Waals surface area (Å²) >= 11 is 0. The van der Waals surface area contributed by atoms with Crippen LogP contribution < -0.4 is 131 Å². The summed E-state index contributed by atoms with van der Waals surface area (Å²) in [4.78, 5) is 231. The van der Waals surface area contributed by atoms with E-state index in [1.165, 1.54) is 0 Å². The number of nitrogens with two attached hydrogens (primary N) is 9. The van der Waals surface area contributed by atoms with Gasteiger partial charge in [-0.25, -0.2) is 4.79 Å². The van der Waals surface area contributed by atoms with Crippen molar-refractivity contribution in [2.24, 2.45) is 98.9 Å². The molecule has 0 aromatic rings. The first-order valence-electron chi connectivity index (χ1n) is 50.8. The second-order valence-electron chi connectivity index (χ2n) is 40.2. The molecule has 0 aliphatic heterocycles. The van der Waals surface area contributed by atoms with E-state index in [1.54, 1.807) is 0 Å². The van der Waals surface area contributed by atoms with E-state index in [0.29, 0.717) is 109 Å². The summed E-state index contributed by atoms with van der Waals surface area (Å²) in [7, 11) is 0. The number of unbranched alkanes of at least 4 members (excludes halogenated alkanes) is 8. The maximum absolute atomic E-state index is 15.0. The molecule has 0 spiro atoms. The van der Waals surface area contributed by atoms with Crippen LogP contribution in [0.3, 0.4) is 0 Å². The third-order valence-corrected chi connectivity index (χ3v) is 23.1. The SMILES string of the molecule is CC(C)C[C@H](NC(=O)[C@H](CC(C)C)NC(=O)[C@H](CC(C)C)NC(=O)[C@H](CC(C)C)NC(=O)[C@H](CCCCN)NC(=O)[C@H](CCCCN)NC(=O)[C@H](CCCCN)NC(=O)[C@H](CCCCN)NC(=O)[C@H](CCCCN)NC(=O)[C@H](CCCCN)NC(=O)[C@H](CCCCN)NC(=O)[C@H](CCCCN)NC(=O)[C@H](CC(C)C)NC(=O)[C@H](CC(C)C)NC(=O)[C@H](CC(C)C)NC(=O)[C@@H](N)CC(C)C)C(=O)O. The van der Waals surface area contributed by atoms with Crippen LogP contribution in [0.25, 0.3) is 0 Å². The monoisotopic (exact) mass is 1950 g/mol.